The minimum Gasteiger partial charge on any atom is -0.497 e. The van der Waals surface area contributed by atoms with Crippen LogP contribution in [-0.4, -0.2) is 27.1 Å². The number of nitrogens with zero attached hydrogens (tertiary/aromatic N) is 1. The number of aliphatic hydroxyl groups excluding tert-OH is 1. The molecule has 1 aromatic carbocycles. The highest BCUT2D eigenvalue weighted by Crippen LogP contribution is 2.33. The first-order chi connectivity index (χ1) is 8.91. The standard InChI is InChI=1S/C13H12Cl3NO2/c1-19-9-2-3-11-10(7-9)8(4-5-17-11)6-12(18)13(14,15)16/h2-5,7,12,18H,6H2,1H3. The number of methoxy groups -OCH3 is 1. The molecule has 2 aromatic rings. The van der Waals surface area contributed by atoms with Crippen molar-refractivity contribution in [2.24, 2.45) is 0 Å². The molecule has 102 valence electrons. The molecule has 1 aromatic heterocycles. The molecule has 0 amide bonds. The number of ether oxygens (including phenoxy) is 1. The van der Waals surface area contributed by atoms with Crippen LogP contribution in [0, 0.1) is 0 Å². The fourth-order valence-corrected chi connectivity index (χ4v) is 2.04. The lowest BCUT2D eigenvalue weighted by Crippen LogP contribution is -2.27. The van der Waals surface area contributed by atoms with Crippen molar-refractivity contribution in [2.45, 2.75) is 16.3 Å². The third kappa shape index (κ3) is 3.42. The van der Waals surface area contributed by atoms with E-state index < -0.39 is 9.90 Å². The van der Waals surface area contributed by atoms with Crippen molar-refractivity contribution < 1.29 is 9.84 Å². The average molecular weight is 321 g/mol. The maximum Gasteiger partial charge on any atom is 0.216 e. The molecule has 0 aliphatic rings. The Bertz CT molecular complexity index is 584. The minimum absolute atomic E-state index is 0.225. The first-order valence-corrected chi connectivity index (χ1v) is 6.71. The van der Waals surface area contributed by atoms with Crippen molar-refractivity contribution in [1.29, 1.82) is 0 Å². The Morgan fingerprint density at radius 1 is 1.32 bits per heavy atom. The number of hydrogen-bond acceptors (Lipinski definition) is 3. The van der Waals surface area contributed by atoms with Crippen molar-refractivity contribution in [3.05, 3.63) is 36.0 Å². The molecule has 0 saturated heterocycles. The summed E-state index contributed by atoms with van der Waals surface area (Å²) < 4.78 is 3.47. The fourth-order valence-electron chi connectivity index (χ4n) is 1.81. The first-order valence-electron chi connectivity index (χ1n) is 5.58. The normalized spacial score (nSPS) is 13.5. The molecule has 0 fully saturated rings. The maximum absolute atomic E-state index is 9.88. The van der Waals surface area contributed by atoms with Crippen molar-refractivity contribution in [1.82, 2.24) is 4.98 Å². The Labute approximate surface area is 126 Å². The lowest BCUT2D eigenvalue weighted by Gasteiger charge is -2.19. The monoisotopic (exact) mass is 319 g/mol. The van der Waals surface area contributed by atoms with Crippen LogP contribution in [-0.2, 0) is 6.42 Å². The number of alkyl halides is 3. The van der Waals surface area contributed by atoms with Gasteiger partial charge in [-0.1, -0.05) is 34.8 Å². The first kappa shape index (κ1) is 14.7. The summed E-state index contributed by atoms with van der Waals surface area (Å²) in [7, 11) is 1.59. The van der Waals surface area contributed by atoms with Gasteiger partial charge in [0.1, 0.15) is 11.9 Å². The highest BCUT2D eigenvalue weighted by molar-refractivity contribution is 6.68. The molecule has 0 aliphatic heterocycles. The van der Waals surface area contributed by atoms with Crippen molar-refractivity contribution in [2.75, 3.05) is 7.11 Å². The van der Waals surface area contributed by atoms with Gasteiger partial charge in [-0.15, -0.1) is 0 Å². The Morgan fingerprint density at radius 2 is 2.05 bits per heavy atom. The average Bonchev–Trinajstić information content (AvgIpc) is 2.37. The van der Waals surface area contributed by atoms with Gasteiger partial charge in [0.05, 0.1) is 12.6 Å². The zero-order valence-electron chi connectivity index (χ0n) is 10.1. The molecule has 2 rings (SSSR count). The van der Waals surface area contributed by atoms with E-state index in [1.807, 2.05) is 18.2 Å². The maximum atomic E-state index is 9.88. The Hall–Kier alpha value is -0.740. The van der Waals surface area contributed by atoms with Crippen LogP contribution in [0.25, 0.3) is 10.9 Å². The second kappa shape index (κ2) is 5.71. The molecule has 1 heterocycles. The van der Waals surface area contributed by atoms with E-state index >= 15 is 0 Å². The molecule has 6 heteroatoms. The van der Waals surface area contributed by atoms with Crippen LogP contribution >= 0.6 is 34.8 Å². The molecule has 3 nitrogen and oxygen atoms in total. The lowest BCUT2D eigenvalue weighted by molar-refractivity contribution is 0.179. The number of pyridine rings is 1. The van der Waals surface area contributed by atoms with Crippen LogP contribution in [0.15, 0.2) is 30.5 Å². The van der Waals surface area contributed by atoms with Gasteiger partial charge in [0.2, 0.25) is 3.79 Å². The molecule has 0 aliphatic carbocycles. The Balaban J connectivity index is 2.42. The molecule has 0 bridgehead atoms. The van der Waals surface area contributed by atoms with Gasteiger partial charge in [-0.2, -0.15) is 0 Å². The van der Waals surface area contributed by atoms with Crippen LogP contribution in [0.2, 0.25) is 0 Å². The fraction of sp³-hybridized carbons (Fsp3) is 0.308. The van der Waals surface area contributed by atoms with Crippen molar-refractivity contribution in [3.63, 3.8) is 0 Å². The summed E-state index contributed by atoms with van der Waals surface area (Å²) in [5.74, 6) is 0.713. The molecule has 1 N–H and O–H groups in total. The minimum atomic E-state index is -1.71. The number of halogens is 3. The summed E-state index contributed by atoms with van der Waals surface area (Å²) in [5, 5.41) is 10.7. The van der Waals surface area contributed by atoms with Gasteiger partial charge >= 0.3 is 0 Å². The number of hydrogen-bond donors (Lipinski definition) is 1. The molecule has 0 spiro atoms. The molecule has 0 saturated carbocycles. The zero-order chi connectivity index (χ0) is 14.0. The number of fused-ring (bicyclic) bond motifs is 1. The van der Waals surface area contributed by atoms with Crippen molar-refractivity contribution in [3.8, 4) is 5.75 Å². The quantitative estimate of drug-likeness (QED) is 0.880. The van der Waals surface area contributed by atoms with E-state index in [1.165, 1.54) is 0 Å². The third-order valence-electron chi connectivity index (χ3n) is 2.83. The van der Waals surface area contributed by atoms with Crippen LogP contribution in [0.3, 0.4) is 0 Å². The third-order valence-corrected chi connectivity index (χ3v) is 3.59. The van der Waals surface area contributed by atoms with E-state index in [9.17, 15) is 5.11 Å². The smallest absolute Gasteiger partial charge is 0.216 e. The van der Waals surface area contributed by atoms with E-state index in [-0.39, 0.29) is 6.42 Å². The Kier molecular flexibility index (Phi) is 4.41. The van der Waals surface area contributed by atoms with Gasteiger partial charge in [-0.25, -0.2) is 0 Å². The van der Waals surface area contributed by atoms with E-state index in [0.29, 0.717) is 5.75 Å². The lowest BCUT2D eigenvalue weighted by atomic mass is 10.0. The van der Waals surface area contributed by atoms with E-state index in [0.717, 1.165) is 16.5 Å². The van der Waals surface area contributed by atoms with Gasteiger partial charge in [0, 0.05) is 18.0 Å². The molecule has 0 radical (unpaired) electrons. The van der Waals surface area contributed by atoms with Crippen LogP contribution in [0.5, 0.6) is 5.75 Å². The van der Waals surface area contributed by atoms with Gasteiger partial charge in [-0.05, 0) is 29.8 Å². The highest BCUT2D eigenvalue weighted by atomic mass is 35.6. The van der Waals surface area contributed by atoms with Crippen molar-refractivity contribution >= 4 is 45.7 Å². The second-order valence-electron chi connectivity index (χ2n) is 4.11. The van der Waals surface area contributed by atoms with Gasteiger partial charge in [-0.3, -0.25) is 4.98 Å². The van der Waals surface area contributed by atoms with E-state index in [2.05, 4.69) is 4.98 Å². The number of rotatable bonds is 3. The summed E-state index contributed by atoms with van der Waals surface area (Å²) in [4.78, 5) is 4.25. The Morgan fingerprint density at radius 3 is 2.68 bits per heavy atom. The van der Waals surface area contributed by atoms with Gasteiger partial charge in [0.25, 0.3) is 0 Å². The topological polar surface area (TPSA) is 42.4 Å². The summed E-state index contributed by atoms with van der Waals surface area (Å²) in [5.41, 5.74) is 1.65. The van der Waals surface area contributed by atoms with Crippen LogP contribution in [0.1, 0.15) is 5.56 Å². The van der Waals surface area contributed by atoms with E-state index in [4.69, 9.17) is 39.5 Å². The predicted octanol–water partition coefficient (Wildman–Crippen LogP) is 3.52. The van der Waals surface area contributed by atoms with Gasteiger partial charge in [0.15, 0.2) is 0 Å². The van der Waals surface area contributed by atoms with E-state index in [1.54, 1.807) is 19.4 Å². The number of benzene rings is 1. The van der Waals surface area contributed by atoms with Crippen LogP contribution < -0.4 is 4.74 Å². The summed E-state index contributed by atoms with van der Waals surface area (Å²) in [6.07, 6.45) is 0.798. The molecule has 19 heavy (non-hydrogen) atoms. The molecule has 1 atom stereocenters. The summed E-state index contributed by atoms with van der Waals surface area (Å²) in [6.45, 7) is 0. The highest BCUT2D eigenvalue weighted by Gasteiger charge is 2.31. The zero-order valence-corrected chi connectivity index (χ0v) is 12.4. The predicted molar refractivity (Wildman–Crippen MR) is 78.3 cm³/mol. The number of aromatic nitrogens is 1. The summed E-state index contributed by atoms with van der Waals surface area (Å²) in [6, 6.07) is 7.31. The SMILES string of the molecule is COc1ccc2nccc(CC(O)C(Cl)(Cl)Cl)c2c1. The summed E-state index contributed by atoms with van der Waals surface area (Å²) >= 11 is 17.1. The van der Waals surface area contributed by atoms with Gasteiger partial charge < -0.3 is 9.84 Å². The molecule has 1 unspecified atom stereocenters. The largest absolute Gasteiger partial charge is 0.497 e. The molecular formula is C13H12Cl3NO2. The second-order valence-corrected chi connectivity index (χ2v) is 6.48. The number of aliphatic hydroxyl groups is 1. The molecular weight excluding hydrogens is 309 g/mol. The van der Waals surface area contributed by atoms with Crippen LogP contribution in [0.4, 0.5) is 0 Å².